The maximum atomic E-state index is 5.62. The molecule has 0 radical (unpaired) electrons. The van der Waals surface area contributed by atoms with Crippen LogP contribution in [-0.4, -0.2) is 22.5 Å². The second-order valence-corrected chi connectivity index (χ2v) is 6.10. The fraction of sp³-hybridized carbons (Fsp3) is 0.533. The summed E-state index contributed by atoms with van der Waals surface area (Å²) in [6, 6.07) is 9.26. The highest BCUT2D eigenvalue weighted by atomic mass is 32.1. The molecule has 0 heterocycles. The van der Waals surface area contributed by atoms with Gasteiger partial charge in [-0.3, -0.25) is 4.90 Å². The van der Waals surface area contributed by atoms with Gasteiger partial charge in [-0.1, -0.05) is 36.5 Å². The largest absolute Gasteiger partial charge is 0.389 e. The number of rotatable bonds is 6. The molecule has 0 amide bonds. The Balaban J connectivity index is 1.63. The van der Waals surface area contributed by atoms with Gasteiger partial charge in [-0.2, -0.15) is 0 Å². The summed E-state index contributed by atoms with van der Waals surface area (Å²) in [6.45, 7) is 2.38. The van der Waals surface area contributed by atoms with E-state index in [1.165, 1.54) is 37.8 Å². The topological polar surface area (TPSA) is 29.3 Å². The van der Waals surface area contributed by atoms with Crippen molar-refractivity contribution < 1.29 is 0 Å². The molecule has 3 heteroatoms. The zero-order valence-corrected chi connectivity index (χ0v) is 11.5. The van der Waals surface area contributed by atoms with Crippen molar-refractivity contribution in [3.8, 4) is 0 Å². The van der Waals surface area contributed by atoms with E-state index in [0.717, 1.165) is 24.1 Å². The first-order valence-corrected chi connectivity index (χ1v) is 7.26. The molecule has 1 aromatic carbocycles. The molecule has 2 saturated carbocycles. The van der Waals surface area contributed by atoms with Crippen molar-refractivity contribution in [2.45, 2.75) is 38.3 Å². The number of hydrogen-bond donors (Lipinski definition) is 1. The molecule has 0 aromatic heterocycles. The summed E-state index contributed by atoms with van der Waals surface area (Å²) in [5.74, 6) is 0.974. The van der Waals surface area contributed by atoms with E-state index in [9.17, 15) is 0 Å². The average Bonchev–Trinajstić information content (AvgIpc) is 3.23. The van der Waals surface area contributed by atoms with Gasteiger partial charge in [-0.25, -0.2) is 0 Å². The molecule has 0 atom stereocenters. The van der Waals surface area contributed by atoms with Crippen LogP contribution in [0.2, 0.25) is 0 Å². The van der Waals surface area contributed by atoms with E-state index in [2.05, 4.69) is 17.0 Å². The lowest BCUT2D eigenvalue weighted by atomic mass is 10.1. The summed E-state index contributed by atoms with van der Waals surface area (Å²) in [7, 11) is 0. The molecule has 0 unspecified atom stereocenters. The van der Waals surface area contributed by atoms with E-state index in [0.29, 0.717) is 4.99 Å². The molecule has 2 fully saturated rings. The number of benzene rings is 1. The smallest absolute Gasteiger partial charge is 0.103 e. The Morgan fingerprint density at radius 1 is 1.17 bits per heavy atom. The van der Waals surface area contributed by atoms with Gasteiger partial charge in [0.05, 0.1) is 0 Å². The Morgan fingerprint density at radius 3 is 2.33 bits per heavy atom. The van der Waals surface area contributed by atoms with E-state index < -0.39 is 0 Å². The standard InChI is InChI=1S/C15H20N2S/c16-15(18)13-5-3-12(4-6-13)10-17(14-7-8-14)9-11-1-2-11/h3-6,11,14H,1-2,7-10H2,(H2,16,18). The van der Waals surface area contributed by atoms with Gasteiger partial charge >= 0.3 is 0 Å². The molecule has 0 bridgehead atoms. The molecule has 2 nitrogen and oxygen atoms in total. The lowest BCUT2D eigenvalue weighted by Gasteiger charge is -2.22. The highest BCUT2D eigenvalue weighted by molar-refractivity contribution is 7.80. The van der Waals surface area contributed by atoms with Crippen molar-refractivity contribution in [1.29, 1.82) is 0 Å². The van der Waals surface area contributed by atoms with Crippen LogP contribution >= 0.6 is 12.2 Å². The van der Waals surface area contributed by atoms with Gasteiger partial charge in [0, 0.05) is 24.7 Å². The highest BCUT2D eigenvalue weighted by Crippen LogP contribution is 2.35. The van der Waals surface area contributed by atoms with Gasteiger partial charge in [0.15, 0.2) is 0 Å². The van der Waals surface area contributed by atoms with Crippen molar-refractivity contribution >= 4 is 17.2 Å². The Morgan fingerprint density at radius 2 is 1.83 bits per heavy atom. The lowest BCUT2D eigenvalue weighted by Crippen LogP contribution is -2.27. The second kappa shape index (κ2) is 4.98. The lowest BCUT2D eigenvalue weighted by molar-refractivity contribution is 0.244. The van der Waals surface area contributed by atoms with E-state index in [1.54, 1.807) is 0 Å². The van der Waals surface area contributed by atoms with Crippen LogP contribution in [0, 0.1) is 5.92 Å². The van der Waals surface area contributed by atoms with Crippen molar-refractivity contribution in [3.05, 3.63) is 35.4 Å². The number of nitrogens with zero attached hydrogens (tertiary/aromatic N) is 1. The fourth-order valence-corrected chi connectivity index (χ4v) is 2.56. The third kappa shape index (κ3) is 3.09. The summed E-state index contributed by atoms with van der Waals surface area (Å²) < 4.78 is 0. The zero-order chi connectivity index (χ0) is 12.5. The minimum absolute atomic E-state index is 0.485. The molecule has 0 aliphatic heterocycles. The van der Waals surface area contributed by atoms with Crippen LogP contribution in [0.3, 0.4) is 0 Å². The third-order valence-electron chi connectivity index (χ3n) is 3.88. The molecule has 0 spiro atoms. The Labute approximate surface area is 114 Å². The summed E-state index contributed by atoms with van der Waals surface area (Å²) in [5.41, 5.74) is 7.96. The highest BCUT2D eigenvalue weighted by Gasteiger charge is 2.33. The maximum Gasteiger partial charge on any atom is 0.103 e. The maximum absolute atomic E-state index is 5.62. The van der Waals surface area contributed by atoms with E-state index in [-0.39, 0.29) is 0 Å². The fourth-order valence-electron chi connectivity index (χ4n) is 2.42. The van der Waals surface area contributed by atoms with Gasteiger partial charge in [0.2, 0.25) is 0 Å². The SMILES string of the molecule is NC(=S)c1ccc(CN(CC2CC2)C2CC2)cc1. The Bertz CT molecular complexity index is 432. The summed E-state index contributed by atoms with van der Waals surface area (Å²) in [5, 5.41) is 0. The normalized spacial score (nSPS) is 19.2. The van der Waals surface area contributed by atoms with Crippen LogP contribution in [0.4, 0.5) is 0 Å². The molecule has 18 heavy (non-hydrogen) atoms. The van der Waals surface area contributed by atoms with Crippen LogP contribution in [0.1, 0.15) is 36.8 Å². The first-order valence-electron chi connectivity index (χ1n) is 6.85. The molecule has 0 saturated heterocycles. The van der Waals surface area contributed by atoms with Crippen molar-refractivity contribution in [3.63, 3.8) is 0 Å². The number of nitrogens with two attached hydrogens (primary N) is 1. The van der Waals surface area contributed by atoms with Crippen molar-refractivity contribution in [1.82, 2.24) is 4.90 Å². The van der Waals surface area contributed by atoms with Gasteiger partial charge < -0.3 is 5.73 Å². The second-order valence-electron chi connectivity index (χ2n) is 5.67. The summed E-state index contributed by atoms with van der Waals surface area (Å²) in [6.07, 6.45) is 5.64. The van der Waals surface area contributed by atoms with Gasteiger partial charge in [-0.05, 0) is 37.2 Å². The molecule has 2 aliphatic rings. The van der Waals surface area contributed by atoms with Gasteiger partial charge in [-0.15, -0.1) is 0 Å². The quantitative estimate of drug-likeness (QED) is 0.797. The van der Waals surface area contributed by atoms with Crippen LogP contribution in [0.15, 0.2) is 24.3 Å². The van der Waals surface area contributed by atoms with E-state index >= 15 is 0 Å². The van der Waals surface area contributed by atoms with Crippen LogP contribution in [0.5, 0.6) is 0 Å². The monoisotopic (exact) mass is 260 g/mol. The Kier molecular flexibility index (Phi) is 3.35. The predicted octanol–water partition coefficient (Wildman–Crippen LogP) is 2.70. The zero-order valence-electron chi connectivity index (χ0n) is 10.6. The predicted molar refractivity (Wildman–Crippen MR) is 78.5 cm³/mol. The third-order valence-corrected chi connectivity index (χ3v) is 4.11. The first-order chi connectivity index (χ1) is 8.72. The average molecular weight is 260 g/mol. The first kappa shape index (κ1) is 12.1. The molecule has 1 aromatic rings. The van der Waals surface area contributed by atoms with Crippen LogP contribution in [0.25, 0.3) is 0 Å². The molecule has 3 rings (SSSR count). The van der Waals surface area contributed by atoms with Crippen molar-refractivity contribution in [2.75, 3.05) is 6.54 Å². The van der Waals surface area contributed by atoms with Gasteiger partial charge in [0.25, 0.3) is 0 Å². The molecule has 2 aliphatic carbocycles. The molecule has 2 N–H and O–H groups in total. The molecule has 96 valence electrons. The number of thiocarbonyl (C=S) groups is 1. The minimum atomic E-state index is 0.485. The summed E-state index contributed by atoms with van der Waals surface area (Å²) in [4.78, 5) is 3.14. The Hall–Kier alpha value is -0.930. The van der Waals surface area contributed by atoms with Crippen molar-refractivity contribution in [2.24, 2.45) is 11.7 Å². The van der Waals surface area contributed by atoms with Crippen LogP contribution in [-0.2, 0) is 6.54 Å². The molecular weight excluding hydrogens is 240 g/mol. The minimum Gasteiger partial charge on any atom is -0.389 e. The summed E-state index contributed by atoms with van der Waals surface area (Å²) >= 11 is 4.98. The molecular formula is C15H20N2S. The van der Waals surface area contributed by atoms with E-state index in [4.69, 9.17) is 18.0 Å². The van der Waals surface area contributed by atoms with Gasteiger partial charge in [0.1, 0.15) is 4.99 Å². The van der Waals surface area contributed by atoms with E-state index in [1.807, 2.05) is 12.1 Å². The van der Waals surface area contributed by atoms with Crippen LogP contribution < -0.4 is 5.73 Å². The number of hydrogen-bond acceptors (Lipinski definition) is 2.